The lowest BCUT2D eigenvalue weighted by Crippen LogP contribution is -2.15. The van der Waals surface area contributed by atoms with Crippen molar-refractivity contribution in [2.24, 2.45) is 0 Å². The van der Waals surface area contributed by atoms with E-state index < -0.39 is 5.60 Å². The number of para-hydroxylation sites is 2. The molecule has 0 amide bonds. The third-order valence-corrected chi connectivity index (χ3v) is 4.62. The van der Waals surface area contributed by atoms with Gasteiger partial charge >= 0.3 is 5.97 Å². The number of hydrogen-bond donors (Lipinski definition) is 1. The van der Waals surface area contributed by atoms with E-state index in [0.717, 1.165) is 29.0 Å². The molecule has 25 heavy (non-hydrogen) atoms. The van der Waals surface area contributed by atoms with Gasteiger partial charge in [0.2, 0.25) is 0 Å². The number of carbonyl (C=O) groups is 1. The maximum atomic E-state index is 12.3. The van der Waals surface area contributed by atoms with Crippen molar-refractivity contribution in [1.82, 2.24) is 14.5 Å². The first-order valence-corrected chi connectivity index (χ1v) is 8.42. The van der Waals surface area contributed by atoms with Crippen LogP contribution in [0.3, 0.4) is 0 Å². The smallest absolute Gasteiger partial charge is 0.343 e. The summed E-state index contributed by atoms with van der Waals surface area (Å²) in [7, 11) is 0. The molecular weight excluding hydrogens is 316 g/mol. The van der Waals surface area contributed by atoms with Gasteiger partial charge in [0.15, 0.2) is 0 Å². The van der Waals surface area contributed by atoms with Crippen molar-refractivity contribution in [3.63, 3.8) is 0 Å². The number of rotatable bonds is 4. The monoisotopic (exact) mass is 336 g/mol. The highest BCUT2D eigenvalue weighted by atomic mass is 16.6. The number of pyridine rings is 1. The Bertz CT molecular complexity index is 975. The summed E-state index contributed by atoms with van der Waals surface area (Å²) in [6.45, 7) is 7.18. The Kier molecular flexibility index (Phi) is 3.49. The number of esters is 1. The van der Waals surface area contributed by atoms with Crippen molar-refractivity contribution in [3.05, 3.63) is 53.5 Å². The lowest BCUT2D eigenvalue weighted by molar-refractivity contribution is 0.00958. The second kappa shape index (κ2) is 5.58. The lowest BCUT2D eigenvalue weighted by Gasteiger charge is -2.17. The minimum atomic E-state index is -0.623. The molecule has 1 aliphatic heterocycles. The predicted molar refractivity (Wildman–Crippen MR) is 95.4 cm³/mol. The summed E-state index contributed by atoms with van der Waals surface area (Å²) < 4.78 is 7.63. The molecule has 6 nitrogen and oxygen atoms in total. The molecule has 0 saturated heterocycles. The molecule has 0 spiro atoms. The van der Waals surface area contributed by atoms with Gasteiger partial charge in [-0.05, 0) is 39.0 Å². The first-order valence-electron chi connectivity index (χ1n) is 8.42. The van der Waals surface area contributed by atoms with Gasteiger partial charge in [-0.15, -0.1) is 0 Å². The fraction of sp³-hybridized carbons (Fsp3) is 0.316. The highest BCUT2D eigenvalue weighted by Gasteiger charge is 2.39. The number of cyclic esters (lactones) is 1. The van der Waals surface area contributed by atoms with Gasteiger partial charge in [-0.1, -0.05) is 12.1 Å². The number of aromatic nitrogens is 3. The number of nitrogens with zero attached hydrogens (tertiary/aromatic N) is 3. The molecule has 4 rings (SSSR count). The van der Waals surface area contributed by atoms with Gasteiger partial charge < -0.3 is 14.6 Å². The van der Waals surface area contributed by atoms with E-state index in [1.807, 2.05) is 38.1 Å². The number of ether oxygens (including phenoxy) is 1. The molecule has 1 aromatic carbocycles. The first kappa shape index (κ1) is 15.6. The van der Waals surface area contributed by atoms with E-state index in [0.29, 0.717) is 17.9 Å². The molecule has 1 N–H and O–H groups in total. The minimum Gasteiger partial charge on any atom is -0.451 e. The average Bonchev–Trinajstić information content (AvgIpc) is 3.07. The van der Waals surface area contributed by atoms with Crippen LogP contribution < -0.4 is 5.32 Å². The zero-order chi connectivity index (χ0) is 17.6. The largest absolute Gasteiger partial charge is 0.451 e. The molecule has 0 radical (unpaired) electrons. The van der Waals surface area contributed by atoms with Crippen LogP contribution in [0, 0.1) is 0 Å². The highest BCUT2D eigenvalue weighted by molar-refractivity contribution is 5.99. The van der Waals surface area contributed by atoms with Crippen molar-refractivity contribution < 1.29 is 9.53 Å². The Balaban J connectivity index is 1.68. The van der Waals surface area contributed by atoms with Crippen LogP contribution in [0.1, 0.15) is 42.5 Å². The summed E-state index contributed by atoms with van der Waals surface area (Å²) >= 11 is 0. The van der Waals surface area contributed by atoms with Crippen molar-refractivity contribution in [2.75, 3.05) is 5.32 Å². The maximum Gasteiger partial charge on any atom is 0.343 e. The summed E-state index contributed by atoms with van der Waals surface area (Å²) in [4.78, 5) is 21.3. The summed E-state index contributed by atoms with van der Waals surface area (Å²) in [6, 6.07) is 9.90. The van der Waals surface area contributed by atoms with Crippen LogP contribution in [-0.4, -0.2) is 20.5 Å². The SMILES string of the molecule is CCn1c(CNc2nccc3c2C(=O)OC3(C)C)nc2ccccc21. The van der Waals surface area contributed by atoms with Gasteiger partial charge in [0.05, 0.1) is 17.6 Å². The summed E-state index contributed by atoms with van der Waals surface area (Å²) in [5, 5.41) is 3.27. The number of anilines is 1. The Hall–Kier alpha value is -2.89. The van der Waals surface area contributed by atoms with E-state index in [2.05, 4.69) is 27.9 Å². The molecule has 0 fully saturated rings. The number of benzene rings is 1. The molecule has 128 valence electrons. The van der Waals surface area contributed by atoms with Gasteiger partial charge in [-0.3, -0.25) is 0 Å². The van der Waals surface area contributed by atoms with Crippen LogP contribution in [0.2, 0.25) is 0 Å². The Labute approximate surface area is 145 Å². The highest BCUT2D eigenvalue weighted by Crippen LogP contribution is 2.38. The normalized spacial score (nSPS) is 15.2. The molecule has 0 saturated carbocycles. The van der Waals surface area contributed by atoms with E-state index in [1.165, 1.54) is 0 Å². The van der Waals surface area contributed by atoms with Crippen LogP contribution in [-0.2, 0) is 23.4 Å². The van der Waals surface area contributed by atoms with Crippen LogP contribution in [0.5, 0.6) is 0 Å². The van der Waals surface area contributed by atoms with Crippen LogP contribution >= 0.6 is 0 Å². The topological polar surface area (TPSA) is 69.0 Å². The second-order valence-electron chi connectivity index (χ2n) is 6.60. The lowest BCUT2D eigenvalue weighted by atomic mass is 9.97. The molecule has 3 heterocycles. The summed E-state index contributed by atoms with van der Waals surface area (Å²) in [5.74, 6) is 1.12. The molecule has 0 bridgehead atoms. The van der Waals surface area contributed by atoms with Gasteiger partial charge in [0, 0.05) is 18.3 Å². The third kappa shape index (κ3) is 2.45. The Morgan fingerprint density at radius 3 is 2.84 bits per heavy atom. The second-order valence-corrected chi connectivity index (χ2v) is 6.60. The molecular formula is C19H20N4O2. The average molecular weight is 336 g/mol. The molecule has 0 unspecified atom stereocenters. The van der Waals surface area contributed by atoms with Gasteiger partial charge in [0.1, 0.15) is 22.8 Å². The van der Waals surface area contributed by atoms with Crippen LogP contribution in [0.25, 0.3) is 11.0 Å². The molecule has 6 heteroatoms. The van der Waals surface area contributed by atoms with Gasteiger partial charge in [0.25, 0.3) is 0 Å². The molecule has 1 aliphatic rings. The Morgan fingerprint density at radius 2 is 2.04 bits per heavy atom. The fourth-order valence-electron chi connectivity index (χ4n) is 3.42. The quantitative estimate of drug-likeness (QED) is 0.739. The van der Waals surface area contributed by atoms with Crippen molar-refractivity contribution in [1.29, 1.82) is 0 Å². The number of aryl methyl sites for hydroxylation is 1. The number of fused-ring (bicyclic) bond motifs is 2. The van der Waals surface area contributed by atoms with Crippen molar-refractivity contribution in [3.8, 4) is 0 Å². The standard InChI is InChI=1S/C19H20N4O2/c1-4-23-14-8-6-5-7-13(14)22-15(23)11-21-17-16-12(9-10-20-17)19(2,3)25-18(16)24/h5-10H,4,11H2,1-3H3,(H,20,21). The molecule has 3 aromatic rings. The Morgan fingerprint density at radius 1 is 1.24 bits per heavy atom. The van der Waals surface area contributed by atoms with Crippen molar-refractivity contribution in [2.45, 2.75) is 39.5 Å². The fourth-order valence-corrected chi connectivity index (χ4v) is 3.42. The summed E-state index contributed by atoms with van der Waals surface area (Å²) in [6.07, 6.45) is 1.70. The van der Waals surface area contributed by atoms with Crippen LogP contribution in [0.15, 0.2) is 36.5 Å². The minimum absolute atomic E-state index is 0.334. The number of nitrogens with one attached hydrogen (secondary N) is 1. The number of carbonyl (C=O) groups excluding carboxylic acids is 1. The molecule has 0 aliphatic carbocycles. The van der Waals surface area contributed by atoms with E-state index in [4.69, 9.17) is 9.72 Å². The van der Waals surface area contributed by atoms with E-state index in [1.54, 1.807) is 6.20 Å². The molecule has 2 aromatic heterocycles. The van der Waals surface area contributed by atoms with E-state index in [-0.39, 0.29) is 5.97 Å². The zero-order valence-corrected chi connectivity index (χ0v) is 14.5. The zero-order valence-electron chi connectivity index (χ0n) is 14.5. The van der Waals surface area contributed by atoms with E-state index in [9.17, 15) is 4.79 Å². The maximum absolute atomic E-state index is 12.3. The number of hydrogen-bond acceptors (Lipinski definition) is 5. The van der Waals surface area contributed by atoms with E-state index >= 15 is 0 Å². The third-order valence-electron chi connectivity index (χ3n) is 4.62. The van der Waals surface area contributed by atoms with Crippen LogP contribution in [0.4, 0.5) is 5.82 Å². The predicted octanol–water partition coefficient (Wildman–Crippen LogP) is 3.47. The molecule has 0 atom stereocenters. The first-order chi connectivity index (χ1) is 12.0. The van der Waals surface area contributed by atoms with Gasteiger partial charge in [-0.25, -0.2) is 14.8 Å². The van der Waals surface area contributed by atoms with Crippen molar-refractivity contribution >= 4 is 22.8 Å². The van der Waals surface area contributed by atoms with Gasteiger partial charge in [-0.2, -0.15) is 0 Å². The summed E-state index contributed by atoms with van der Waals surface area (Å²) in [5.41, 5.74) is 2.83. The number of imidazole rings is 1.